The zero-order chi connectivity index (χ0) is 46.4. The Morgan fingerprint density at radius 2 is 1.50 bits per heavy atom. The van der Waals surface area contributed by atoms with E-state index < -0.39 is 12.2 Å². The van der Waals surface area contributed by atoms with Gasteiger partial charge in [0.05, 0.1) is 30.8 Å². The van der Waals surface area contributed by atoms with Gasteiger partial charge >= 0.3 is 6.09 Å². The molecule has 344 valence electrons. The minimum atomic E-state index is -0.882. The van der Waals surface area contributed by atoms with Gasteiger partial charge in [-0.3, -0.25) is 19.7 Å². The van der Waals surface area contributed by atoms with E-state index in [1.165, 1.54) is 12.1 Å². The number of rotatable bonds is 19. The highest BCUT2D eigenvalue weighted by Crippen LogP contribution is 2.30. The number of hydrogen-bond donors (Lipinski definition) is 7. The second-order valence-electron chi connectivity index (χ2n) is 16.7. The fourth-order valence-corrected chi connectivity index (χ4v) is 8.26. The van der Waals surface area contributed by atoms with Crippen LogP contribution >= 0.6 is 0 Å². The summed E-state index contributed by atoms with van der Waals surface area (Å²) in [6.45, 7) is 5.10. The van der Waals surface area contributed by atoms with Gasteiger partial charge in [-0.15, -0.1) is 0 Å². The number of nitrogens with zero attached hydrogens (tertiary/aromatic N) is 1. The van der Waals surface area contributed by atoms with Gasteiger partial charge in [-0.1, -0.05) is 91.0 Å². The van der Waals surface area contributed by atoms with E-state index in [1.54, 1.807) is 19.2 Å². The first kappa shape index (κ1) is 47.0. The predicted molar refractivity (Wildman–Crippen MR) is 255 cm³/mol. The largest absolute Gasteiger partial charge is 0.506 e. The molecule has 2 heterocycles. The molecule has 14 heteroatoms. The maximum atomic E-state index is 13.1. The van der Waals surface area contributed by atoms with Gasteiger partial charge in [0.15, 0.2) is 0 Å². The van der Waals surface area contributed by atoms with E-state index in [1.807, 2.05) is 104 Å². The average Bonchev–Trinajstić information content (AvgIpc) is 3.33. The summed E-state index contributed by atoms with van der Waals surface area (Å²) < 4.78 is 11.3. The number of aromatic nitrogens is 1. The number of hydrogen-bond acceptors (Lipinski definition) is 10. The van der Waals surface area contributed by atoms with Crippen molar-refractivity contribution in [1.82, 2.24) is 25.8 Å². The van der Waals surface area contributed by atoms with Crippen molar-refractivity contribution in [3.05, 3.63) is 159 Å². The van der Waals surface area contributed by atoms with Crippen LogP contribution in [0.5, 0.6) is 11.5 Å². The summed E-state index contributed by atoms with van der Waals surface area (Å²) in [6.07, 6.45) is 0.990. The molecule has 2 atom stereocenters. The number of carbonyl (C=O) groups is 3. The maximum absolute atomic E-state index is 13.1. The Bertz CT molecular complexity index is 2650. The van der Waals surface area contributed by atoms with Gasteiger partial charge in [0.1, 0.15) is 17.6 Å². The van der Waals surface area contributed by atoms with Gasteiger partial charge in [0.2, 0.25) is 17.4 Å². The molecule has 66 heavy (non-hydrogen) atoms. The molecule has 0 bridgehead atoms. The zero-order valence-corrected chi connectivity index (χ0v) is 37.3. The molecular weight excluding hydrogens is 837 g/mol. The van der Waals surface area contributed by atoms with Crippen molar-refractivity contribution in [2.24, 2.45) is 0 Å². The van der Waals surface area contributed by atoms with Crippen LogP contribution in [0.3, 0.4) is 0 Å². The van der Waals surface area contributed by atoms with Gasteiger partial charge < -0.3 is 45.5 Å². The summed E-state index contributed by atoms with van der Waals surface area (Å²) in [5.41, 5.74) is 6.82. The van der Waals surface area contributed by atoms with Crippen molar-refractivity contribution in [2.45, 2.75) is 70.4 Å². The number of H-pyrrole nitrogens is 1. The topological polar surface area (TPSA) is 194 Å². The summed E-state index contributed by atoms with van der Waals surface area (Å²) >= 11 is 0. The molecule has 7 N–H and O–H groups in total. The summed E-state index contributed by atoms with van der Waals surface area (Å²) in [5.74, 6) is 0.367. The van der Waals surface area contributed by atoms with Crippen molar-refractivity contribution in [1.29, 1.82) is 0 Å². The number of anilines is 1. The molecule has 0 aliphatic carbocycles. The molecule has 1 unspecified atom stereocenters. The van der Waals surface area contributed by atoms with Gasteiger partial charge in [-0.05, 0) is 78.3 Å². The third-order valence-electron chi connectivity index (χ3n) is 11.9. The number of piperidine rings is 1. The molecule has 1 saturated heterocycles. The number of aromatic hydroxyl groups is 1. The summed E-state index contributed by atoms with van der Waals surface area (Å²) in [5, 5.41) is 34.1. The van der Waals surface area contributed by atoms with Crippen molar-refractivity contribution >= 4 is 34.5 Å². The van der Waals surface area contributed by atoms with Crippen LogP contribution in [0.1, 0.15) is 60.1 Å². The first-order valence-electron chi connectivity index (χ1n) is 22.4. The highest BCUT2D eigenvalue weighted by Gasteiger charge is 2.23. The van der Waals surface area contributed by atoms with Crippen molar-refractivity contribution in [2.75, 3.05) is 38.6 Å². The number of fused-ring (bicyclic) bond motifs is 1. The van der Waals surface area contributed by atoms with Crippen LogP contribution in [0.15, 0.2) is 126 Å². The molecular formula is C52H58N6O8. The third kappa shape index (κ3) is 13.1. The zero-order valence-electron chi connectivity index (χ0n) is 37.3. The lowest BCUT2D eigenvalue weighted by molar-refractivity contribution is -0.122. The van der Waals surface area contributed by atoms with E-state index in [0.717, 1.165) is 46.5 Å². The summed E-state index contributed by atoms with van der Waals surface area (Å²) in [7, 11) is 1.58. The van der Waals surface area contributed by atoms with Crippen molar-refractivity contribution in [3.63, 3.8) is 0 Å². The number of aliphatic hydroxyl groups is 1. The number of phenols is 1. The second-order valence-corrected chi connectivity index (χ2v) is 16.7. The molecule has 6 aromatic rings. The van der Waals surface area contributed by atoms with Crippen LogP contribution in [0.2, 0.25) is 0 Å². The lowest BCUT2D eigenvalue weighted by Crippen LogP contribution is -2.40. The Morgan fingerprint density at radius 3 is 2.23 bits per heavy atom. The molecule has 1 aromatic heterocycles. The molecule has 7 rings (SSSR count). The number of para-hydroxylation sites is 1. The van der Waals surface area contributed by atoms with E-state index in [-0.39, 0.29) is 53.8 Å². The Kier molecular flexibility index (Phi) is 16.2. The number of nitrogens with one attached hydrogen (secondary N) is 5. The van der Waals surface area contributed by atoms with E-state index in [2.05, 4.69) is 31.2 Å². The molecule has 0 radical (unpaired) electrons. The molecule has 0 saturated carbocycles. The predicted octanol–water partition coefficient (Wildman–Crippen LogP) is 6.74. The number of methoxy groups -OCH3 is 1. The van der Waals surface area contributed by atoms with Crippen LogP contribution in [0, 0.1) is 0 Å². The van der Waals surface area contributed by atoms with Crippen LogP contribution < -0.4 is 31.6 Å². The van der Waals surface area contributed by atoms with Crippen LogP contribution in [-0.2, 0) is 40.3 Å². The van der Waals surface area contributed by atoms with Gasteiger partial charge in [-0.25, -0.2) is 4.79 Å². The van der Waals surface area contributed by atoms with Crippen LogP contribution in [0.4, 0.5) is 10.5 Å². The first-order chi connectivity index (χ1) is 32.0. The van der Waals surface area contributed by atoms with Gasteiger partial charge in [0, 0.05) is 74.3 Å². The lowest BCUT2D eigenvalue weighted by atomic mass is 10.0. The average molecular weight is 895 g/mol. The number of aliphatic hydroxyl groups excluding tert-OH is 1. The monoisotopic (exact) mass is 894 g/mol. The quantitative estimate of drug-likeness (QED) is 0.0458. The third-order valence-corrected chi connectivity index (χ3v) is 11.9. The molecule has 1 aliphatic rings. The Labute approximate surface area is 384 Å². The minimum Gasteiger partial charge on any atom is -0.506 e. The minimum absolute atomic E-state index is 0.0250. The highest BCUT2D eigenvalue weighted by atomic mass is 16.6. The Hall–Kier alpha value is -7.00. The van der Waals surface area contributed by atoms with E-state index >= 15 is 0 Å². The number of ether oxygens (including phenoxy) is 2. The number of aromatic amines is 1. The van der Waals surface area contributed by atoms with Gasteiger partial charge in [0.25, 0.3) is 0 Å². The summed E-state index contributed by atoms with van der Waals surface area (Å²) in [4.78, 5) is 55.3. The fourth-order valence-electron chi connectivity index (χ4n) is 8.26. The number of carbonyl (C=O) groups excluding carboxylic acids is 3. The molecule has 1 aliphatic heterocycles. The second kappa shape index (κ2) is 22.8. The fraction of sp³-hybridized carbons (Fsp3) is 0.308. The number of benzene rings is 5. The number of likely N-dealkylation sites (tertiary alicyclic amines) is 1. The lowest BCUT2D eigenvalue weighted by Gasteiger charge is -2.31. The van der Waals surface area contributed by atoms with E-state index in [4.69, 9.17) is 9.47 Å². The number of amides is 3. The SMILES string of the molecule is COc1ccc(CC(C)NC[C@H](O)c2ccc(O)c3[nH]c(=O)ccc23)cc1CC(=O)NCc1ccc(CNC(=O)CCN2CCC(OC(=O)Nc3ccccc3-c3ccccc3)CC2)cc1. The maximum Gasteiger partial charge on any atom is 0.411 e. The molecule has 14 nitrogen and oxygen atoms in total. The van der Waals surface area contributed by atoms with E-state index in [0.29, 0.717) is 67.7 Å². The molecule has 0 spiro atoms. The highest BCUT2D eigenvalue weighted by molar-refractivity contribution is 5.91. The van der Waals surface area contributed by atoms with E-state index in [9.17, 15) is 29.4 Å². The van der Waals surface area contributed by atoms with Crippen LogP contribution in [-0.4, -0.2) is 83.4 Å². The Balaban J connectivity index is 0.784. The molecule has 1 fully saturated rings. The van der Waals surface area contributed by atoms with Gasteiger partial charge in [-0.2, -0.15) is 0 Å². The first-order valence-corrected chi connectivity index (χ1v) is 22.4. The number of pyridine rings is 1. The standard InChI is InChI=1S/C52H58N6O8/c1-34(53-33-46(60)42-17-19-45(59)51-43(42)18-21-49(62)57-51)28-37-16-20-47(65-2)39(29-37)30-50(63)55-32-36-14-12-35(13-15-36)31-54-48(61)24-27-58-25-22-40(23-26-58)66-52(64)56-44-11-7-6-10-41(44)38-8-4-3-5-9-38/h3-21,29,34,40,46,53,59-60H,22-28,30-33H2,1-2H3,(H,54,61)(H,55,63)(H,56,64)(H,57,62)/t34?,46-/m0/s1. The number of phenolic OH excluding ortho intramolecular Hbond substituents is 1. The molecule has 5 aromatic carbocycles. The normalized spacial score (nSPS) is 14.0. The summed E-state index contributed by atoms with van der Waals surface area (Å²) in [6, 6.07) is 37.1. The molecule has 3 amide bonds. The van der Waals surface area contributed by atoms with Crippen molar-refractivity contribution < 1.29 is 34.1 Å². The smallest absolute Gasteiger partial charge is 0.411 e. The van der Waals surface area contributed by atoms with Crippen molar-refractivity contribution in [3.8, 4) is 22.6 Å². The Morgan fingerprint density at radius 1 is 0.818 bits per heavy atom. The van der Waals surface area contributed by atoms with Crippen LogP contribution in [0.25, 0.3) is 22.0 Å².